The maximum atomic E-state index is 12.1. The number of amides is 1. The third-order valence-corrected chi connectivity index (χ3v) is 4.39. The largest absolute Gasteiger partial charge is 0.440 e. The minimum absolute atomic E-state index is 0.0247. The van der Waals surface area contributed by atoms with E-state index in [0.717, 1.165) is 33.5 Å². The molecule has 0 fully saturated rings. The Bertz CT molecular complexity index is 1070. The molecule has 1 N–H and O–H groups in total. The molecule has 27 heavy (non-hydrogen) atoms. The first-order chi connectivity index (χ1) is 13.2. The Balaban J connectivity index is 1.40. The van der Waals surface area contributed by atoms with Crippen molar-refractivity contribution in [2.24, 2.45) is 0 Å². The average Bonchev–Trinajstić information content (AvgIpc) is 3.05. The molecule has 134 valence electrons. The van der Waals surface area contributed by atoms with Crippen LogP contribution < -0.4 is 5.32 Å². The predicted molar refractivity (Wildman–Crippen MR) is 107 cm³/mol. The summed E-state index contributed by atoms with van der Waals surface area (Å²) < 4.78 is 5.81. The third kappa shape index (κ3) is 4.23. The van der Waals surface area contributed by atoms with Crippen molar-refractivity contribution in [3.63, 3.8) is 0 Å². The average molecular weight is 356 g/mol. The van der Waals surface area contributed by atoms with Gasteiger partial charge >= 0.3 is 0 Å². The molecule has 0 aliphatic carbocycles. The first-order valence-corrected chi connectivity index (χ1v) is 8.94. The van der Waals surface area contributed by atoms with Gasteiger partial charge in [0.1, 0.15) is 5.52 Å². The van der Waals surface area contributed by atoms with Crippen LogP contribution in [0.5, 0.6) is 0 Å². The lowest BCUT2D eigenvalue weighted by atomic mass is 10.1. The van der Waals surface area contributed by atoms with E-state index in [1.807, 2.05) is 79.7 Å². The molecule has 0 aliphatic rings. The van der Waals surface area contributed by atoms with Gasteiger partial charge < -0.3 is 9.73 Å². The summed E-state index contributed by atoms with van der Waals surface area (Å²) in [5.74, 6) is 0.666. The summed E-state index contributed by atoms with van der Waals surface area (Å²) in [6.45, 7) is 2.04. The van der Waals surface area contributed by atoms with Crippen molar-refractivity contribution >= 4 is 22.7 Å². The van der Waals surface area contributed by atoms with Gasteiger partial charge in [-0.05, 0) is 47.9 Å². The molecule has 4 rings (SSSR count). The van der Waals surface area contributed by atoms with E-state index >= 15 is 0 Å². The number of aryl methyl sites for hydroxylation is 1. The van der Waals surface area contributed by atoms with Crippen molar-refractivity contribution in [1.29, 1.82) is 0 Å². The lowest BCUT2D eigenvalue weighted by molar-refractivity contribution is -0.115. The molecule has 1 amide bonds. The smallest absolute Gasteiger partial charge is 0.228 e. The Kier molecular flexibility index (Phi) is 4.71. The molecule has 0 aliphatic heterocycles. The van der Waals surface area contributed by atoms with Crippen molar-refractivity contribution in [3.05, 3.63) is 95.4 Å². The molecule has 3 aromatic carbocycles. The van der Waals surface area contributed by atoms with Gasteiger partial charge in [0.25, 0.3) is 0 Å². The van der Waals surface area contributed by atoms with Gasteiger partial charge in [0, 0.05) is 12.1 Å². The Morgan fingerprint density at radius 3 is 2.52 bits per heavy atom. The minimum atomic E-state index is -0.0247. The SMILES string of the molecule is Cc1ccc2oc(Cc3ccc(NC(=O)Cc4ccccc4)cc3)nc2c1. The maximum Gasteiger partial charge on any atom is 0.228 e. The molecule has 0 bridgehead atoms. The zero-order valence-electron chi connectivity index (χ0n) is 15.1. The van der Waals surface area contributed by atoms with Crippen LogP contribution in [0.2, 0.25) is 0 Å². The minimum Gasteiger partial charge on any atom is -0.440 e. The number of aromatic nitrogens is 1. The Labute approximate surface area is 157 Å². The molecule has 4 heteroatoms. The first kappa shape index (κ1) is 17.0. The second-order valence-corrected chi connectivity index (χ2v) is 6.66. The van der Waals surface area contributed by atoms with E-state index in [-0.39, 0.29) is 5.91 Å². The summed E-state index contributed by atoms with van der Waals surface area (Å²) in [4.78, 5) is 16.7. The molecule has 0 atom stereocenters. The summed E-state index contributed by atoms with van der Waals surface area (Å²) >= 11 is 0. The van der Waals surface area contributed by atoms with E-state index in [1.54, 1.807) is 0 Å². The molecule has 0 radical (unpaired) electrons. The number of nitrogens with one attached hydrogen (secondary N) is 1. The van der Waals surface area contributed by atoms with Crippen LogP contribution in [-0.4, -0.2) is 10.9 Å². The summed E-state index contributed by atoms with van der Waals surface area (Å²) in [6.07, 6.45) is 0.983. The fourth-order valence-electron chi connectivity index (χ4n) is 3.03. The molecule has 4 aromatic rings. The van der Waals surface area contributed by atoms with Crippen molar-refractivity contribution < 1.29 is 9.21 Å². The summed E-state index contributed by atoms with van der Waals surface area (Å²) in [5, 5.41) is 2.93. The van der Waals surface area contributed by atoms with Crippen LogP contribution in [0, 0.1) is 6.92 Å². The van der Waals surface area contributed by atoms with Crippen molar-refractivity contribution in [1.82, 2.24) is 4.98 Å². The topological polar surface area (TPSA) is 55.1 Å². The third-order valence-electron chi connectivity index (χ3n) is 4.39. The van der Waals surface area contributed by atoms with E-state index in [2.05, 4.69) is 10.3 Å². The molecule has 1 heterocycles. The van der Waals surface area contributed by atoms with Gasteiger partial charge in [0.05, 0.1) is 6.42 Å². The van der Waals surface area contributed by atoms with Gasteiger partial charge in [0.15, 0.2) is 11.5 Å². The molecule has 0 unspecified atom stereocenters. The maximum absolute atomic E-state index is 12.1. The molecule has 0 saturated carbocycles. The molecule has 4 nitrogen and oxygen atoms in total. The fourth-order valence-corrected chi connectivity index (χ4v) is 3.03. The van der Waals surface area contributed by atoms with Crippen LogP contribution in [0.1, 0.15) is 22.6 Å². The van der Waals surface area contributed by atoms with Crippen LogP contribution in [0.4, 0.5) is 5.69 Å². The number of nitrogens with zero attached hydrogens (tertiary/aromatic N) is 1. The number of hydrogen-bond donors (Lipinski definition) is 1. The van der Waals surface area contributed by atoms with Gasteiger partial charge in [0.2, 0.25) is 5.91 Å². The highest BCUT2D eigenvalue weighted by Crippen LogP contribution is 2.20. The first-order valence-electron chi connectivity index (χ1n) is 8.94. The van der Waals surface area contributed by atoms with Gasteiger partial charge in [-0.1, -0.05) is 48.5 Å². The quantitative estimate of drug-likeness (QED) is 0.553. The second-order valence-electron chi connectivity index (χ2n) is 6.66. The van der Waals surface area contributed by atoms with E-state index in [0.29, 0.717) is 18.7 Å². The Morgan fingerprint density at radius 2 is 1.74 bits per heavy atom. The van der Waals surface area contributed by atoms with Crippen molar-refractivity contribution in [3.8, 4) is 0 Å². The van der Waals surface area contributed by atoms with E-state index in [1.165, 1.54) is 0 Å². The van der Waals surface area contributed by atoms with Crippen LogP contribution in [0.15, 0.2) is 77.2 Å². The number of fused-ring (bicyclic) bond motifs is 1. The van der Waals surface area contributed by atoms with Crippen LogP contribution in [-0.2, 0) is 17.6 Å². The summed E-state index contributed by atoms with van der Waals surface area (Å²) in [5.41, 5.74) is 5.72. The molecular formula is C23H20N2O2. The van der Waals surface area contributed by atoms with E-state index in [9.17, 15) is 4.79 Å². The predicted octanol–water partition coefficient (Wildman–Crippen LogP) is 4.91. The Morgan fingerprint density at radius 1 is 0.963 bits per heavy atom. The number of anilines is 1. The highest BCUT2D eigenvalue weighted by Gasteiger charge is 2.08. The van der Waals surface area contributed by atoms with Gasteiger partial charge in [-0.2, -0.15) is 0 Å². The zero-order valence-corrected chi connectivity index (χ0v) is 15.1. The number of hydrogen-bond acceptors (Lipinski definition) is 3. The van der Waals surface area contributed by atoms with Crippen molar-refractivity contribution in [2.75, 3.05) is 5.32 Å². The molecular weight excluding hydrogens is 336 g/mol. The molecule has 1 aromatic heterocycles. The van der Waals surface area contributed by atoms with Crippen LogP contribution in [0.25, 0.3) is 11.1 Å². The monoisotopic (exact) mass is 356 g/mol. The summed E-state index contributed by atoms with van der Waals surface area (Å²) in [7, 11) is 0. The number of benzene rings is 3. The molecule has 0 spiro atoms. The molecule has 0 saturated heterocycles. The van der Waals surface area contributed by atoms with Crippen molar-refractivity contribution in [2.45, 2.75) is 19.8 Å². The lowest BCUT2D eigenvalue weighted by Gasteiger charge is -2.06. The van der Waals surface area contributed by atoms with Gasteiger partial charge in [-0.3, -0.25) is 4.79 Å². The number of rotatable bonds is 5. The normalized spacial score (nSPS) is 10.9. The highest BCUT2D eigenvalue weighted by molar-refractivity contribution is 5.92. The second kappa shape index (κ2) is 7.46. The zero-order chi connectivity index (χ0) is 18.6. The van der Waals surface area contributed by atoms with Gasteiger partial charge in [-0.25, -0.2) is 4.98 Å². The standard InChI is InChI=1S/C23H20N2O2/c1-16-7-12-21-20(13-16)25-23(27-21)15-18-8-10-19(11-9-18)24-22(26)14-17-5-3-2-4-6-17/h2-13H,14-15H2,1H3,(H,24,26). The fraction of sp³-hybridized carbons (Fsp3) is 0.130. The highest BCUT2D eigenvalue weighted by atomic mass is 16.3. The Hall–Kier alpha value is -3.40. The van der Waals surface area contributed by atoms with Crippen LogP contribution in [0.3, 0.4) is 0 Å². The van der Waals surface area contributed by atoms with E-state index in [4.69, 9.17) is 4.42 Å². The van der Waals surface area contributed by atoms with Gasteiger partial charge in [-0.15, -0.1) is 0 Å². The van der Waals surface area contributed by atoms with E-state index < -0.39 is 0 Å². The number of carbonyl (C=O) groups excluding carboxylic acids is 1. The lowest BCUT2D eigenvalue weighted by Crippen LogP contribution is -2.14. The summed E-state index contributed by atoms with van der Waals surface area (Å²) in [6, 6.07) is 23.5. The number of carbonyl (C=O) groups is 1. The number of oxazole rings is 1. The van der Waals surface area contributed by atoms with Crippen LogP contribution >= 0.6 is 0 Å².